The van der Waals surface area contributed by atoms with E-state index in [-0.39, 0.29) is 56.4 Å². The minimum atomic E-state index is -0.447. The minimum Gasteiger partial charge on any atom is -0.354 e. The van der Waals surface area contributed by atoms with Gasteiger partial charge >= 0.3 is 5.69 Å². The highest BCUT2D eigenvalue weighted by Crippen LogP contribution is 2.35. The number of nitrogens with one attached hydrogen (secondary N) is 14. The molecule has 3 aliphatic rings. The van der Waals surface area contributed by atoms with Crippen LogP contribution in [0.15, 0.2) is 199 Å². The molecule has 14 N–H and O–H groups in total. The van der Waals surface area contributed by atoms with Gasteiger partial charge in [-0.2, -0.15) is 69.8 Å². The van der Waals surface area contributed by atoms with Crippen molar-refractivity contribution >= 4 is 151 Å². The molecule has 6 aromatic heterocycles. The molecular weight excluding hydrogens is 1690 g/mol. The van der Waals surface area contributed by atoms with E-state index >= 15 is 0 Å². The number of carbonyl (C=O) groups excluding carboxylic acids is 3. The van der Waals surface area contributed by atoms with Gasteiger partial charge in [0.25, 0.3) is 5.69 Å². The standard InChI is InChI=1S/C23H34N6O.C21H22N6O.C20H21N7.C19H20N6O2.C15H17N5O2/c1-6-8-9-15(7-2)14-24-21-27-20(23(3,4)5)28-22(29-21)25-17-11-10-16-12-19(30)26-18(16)13-17;1-21(2,3)18-25-19(22-14-7-5-4-6-8-14)27-20(26-18)23-15-10-9-13-11-17(28)24-16(13)12-15;1-20(2,3)16-24-17(21-13-9-5-4-6-10-13)26-19(25-16)27-18-22-14-11-7-8-12-15(14)23-18;1-19(2,3)16-22-17(20-13-7-5-4-6-8-13)24-18(23-16)21-14-9-11-15(12-10-14)25(26)27;1-15(2,3)12-18-13(20-14(22)19-12)16-9-5-4-8-6-11(21)17-10(8)7-9/h10-11,13,15H,6-9,12,14H2,1-5H3,(H,26,30)(H2,24,25,27,28,29);4-10,12H,11H2,1-3H3,(H,24,28)(H2,22,23,25,26,27);4-12H,1-3H3,(H3,21,22,23,24,25,26,27);4-12H,1-3H3,(H2,20,21,22,23,24);4-5,7H,6H2,1-3H3,(H,17,21)(H2,16,18,19,20,22). The molecule has 1 atom stereocenters. The van der Waals surface area contributed by atoms with E-state index in [2.05, 4.69) is 225 Å². The number of non-ortho nitro benzene ring substituents is 1. The third-order valence-electron chi connectivity index (χ3n) is 20.7. The number of rotatable bonds is 24. The molecule has 17 rings (SSSR count). The fraction of sp³-hybridized carbons (Fsp3) is 0.316. The van der Waals surface area contributed by atoms with Crippen LogP contribution in [-0.2, 0) is 60.7 Å². The maximum atomic E-state index is 11.7. The number of para-hydroxylation sites is 5. The lowest BCUT2D eigenvalue weighted by atomic mass is 9.96. The first-order chi connectivity index (χ1) is 63.7. The summed E-state index contributed by atoms with van der Waals surface area (Å²) >= 11 is 0. The average molecular weight is 1810 g/mol. The van der Waals surface area contributed by atoms with Crippen molar-refractivity contribution in [3.8, 4) is 0 Å². The van der Waals surface area contributed by atoms with Gasteiger partial charge in [0.05, 0.1) is 35.2 Å². The van der Waals surface area contributed by atoms with Gasteiger partial charge in [0.2, 0.25) is 77.2 Å². The molecule has 692 valence electrons. The number of imidazole rings is 1. The van der Waals surface area contributed by atoms with Crippen molar-refractivity contribution in [2.24, 2.45) is 5.92 Å². The Labute approximate surface area is 777 Å². The molecule has 0 radical (unpaired) electrons. The molecule has 134 heavy (non-hydrogen) atoms. The molecule has 3 amide bonds. The molecule has 8 aromatic carbocycles. The Kier molecular flexibility index (Phi) is 29.9. The van der Waals surface area contributed by atoms with Gasteiger partial charge in [0.1, 0.15) is 29.1 Å². The van der Waals surface area contributed by atoms with Crippen LogP contribution in [0.4, 0.5) is 122 Å². The fourth-order valence-electron chi connectivity index (χ4n) is 13.4. The number of fused-ring (bicyclic) bond motifs is 4. The van der Waals surface area contributed by atoms with Gasteiger partial charge in [-0.15, -0.1) is 0 Å². The Bertz CT molecular complexity index is 6510. The van der Waals surface area contributed by atoms with Gasteiger partial charge < -0.3 is 63.5 Å². The summed E-state index contributed by atoms with van der Waals surface area (Å²) in [7, 11) is 0. The number of nitro groups is 1. The number of amides is 3. The van der Waals surface area contributed by atoms with E-state index in [9.17, 15) is 29.3 Å². The van der Waals surface area contributed by atoms with E-state index in [1.165, 1.54) is 31.4 Å². The Morgan fingerprint density at radius 2 is 0.679 bits per heavy atom. The molecule has 0 bridgehead atoms. The molecule has 36 heteroatoms. The van der Waals surface area contributed by atoms with Crippen LogP contribution < -0.4 is 69.5 Å². The zero-order valence-corrected chi connectivity index (χ0v) is 78.3. The van der Waals surface area contributed by atoms with Crippen molar-refractivity contribution in [1.29, 1.82) is 0 Å². The molecular formula is C98H114N30O6. The third kappa shape index (κ3) is 27.4. The first-order valence-electron chi connectivity index (χ1n) is 44.3. The van der Waals surface area contributed by atoms with Crippen LogP contribution in [0.5, 0.6) is 0 Å². The van der Waals surface area contributed by atoms with Crippen LogP contribution in [0.3, 0.4) is 0 Å². The predicted molar refractivity (Wildman–Crippen MR) is 528 cm³/mol. The van der Waals surface area contributed by atoms with Crippen molar-refractivity contribution in [2.75, 3.05) is 70.3 Å². The number of aromatic amines is 2. The lowest BCUT2D eigenvalue weighted by Crippen LogP contribution is -2.24. The topological polar surface area (TPSA) is 481 Å². The van der Waals surface area contributed by atoms with Gasteiger partial charge in [0.15, 0.2) is 0 Å². The maximum absolute atomic E-state index is 11.7. The molecule has 0 saturated carbocycles. The first kappa shape index (κ1) is 95.7. The smallest absolute Gasteiger partial charge is 0.349 e. The van der Waals surface area contributed by atoms with E-state index < -0.39 is 10.6 Å². The number of hydrogen-bond acceptors (Lipinski definition) is 30. The summed E-state index contributed by atoms with van der Waals surface area (Å²) < 4.78 is 0. The van der Waals surface area contributed by atoms with Crippen LogP contribution in [-0.4, -0.2) is 114 Å². The van der Waals surface area contributed by atoms with E-state index in [0.29, 0.717) is 113 Å². The van der Waals surface area contributed by atoms with Crippen molar-refractivity contribution in [3.05, 3.63) is 261 Å². The van der Waals surface area contributed by atoms with Crippen LogP contribution in [0.1, 0.15) is 189 Å². The maximum Gasteiger partial charge on any atom is 0.349 e. The Morgan fingerprint density at radius 3 is 1.03 bits per heavy atom. The van der Waals surface area contributed by atoms with E-state index in [1.807, 2.05) is 211 Å². The monoisotopic (exact) mass is 1810 g/mol. The van der Waals surface area contributed by atoms with Gasteiger partial charge in [-0.05, 0) is 126 Å². The lowest BCUT2D eigenvalue weighted by molar-refractivity contribution is -0.384. The van der Waals surface area contributed by atoms with Crippen molar-refractivity contribution < 1.29 is 19.3 Å². The highest BCUT2D eigenvalue weighted by Gasteiger charge is 2.28. The molecule has 1 unspecified atom stereocenters. The van der Waals surface area contributed by atoms with Crippen LogP contribution in [0.2, 0.25) is 0 Å². The summed E-state index contributed by atoms with van der Waals surface area (Å²) in [4.78, 5) is 130. The summed E-state index contributed by atoms with van der Waals surface area (Å²) in [6.07, 6.45) is 6.05. The van der Waals surface area contributed by atoms with Gasteiger partial charge in [0, 0.05) is 103 Å². The summed E-state index contributed by atoms with van der Waals surface area (Å²) in [5, 5.41) is 48.2. The Hall–Kier alpha value is -15.9. The highest BCUT2D eigenvalue weighted by atomic mass is 16.6. The quantitative estimate of drug-likeness (QED) is 0.0197. The zero-order chi connectivity index (χ0) is 95.7. The van der Waals surface area contributed by atoms with Gasteiger partial charge in [-0.3, -0.25) is 34.8 Å². The second-order valence-electron chi connectivity index (χ2n) is 37.4. The number of carbonyl (C=O) groups is 3. The largest absolute Gasteiger partial charge is 0.354 e. The number of H-pyrrole nitrogens is 2. The molecule has 0 fully saturated rings. The van der Waals surface area contributed by atoms with E-state index in [4.69, 9.17) is 0 Å². The number of benzene rings is 8. The zero-order valence-electron chi connectivity index (χ0n) is 78.3. The van der Waals surface area contributed by atoms with Crippen molar-refractivity contribution in [1.82, 2.24) is 84.7 Å². The van der Waals surface area contributed by atoms with Crippen LogP contribution >= 0.6 is 0 Å². The SMILES string of the molecule is CC(C)(C)c1nc(Nc2ccc3c(c2)NC(=O)C3)nc(=O)[nH]1.CC(C)(C)c1nc(Nc2ccccc2)nc(Nc2ccc([N+](=O)[O-])cc2)n1.CC(C)(C)c1nc(Nc2ccccc2)nc(Nc2ccc3c(c2)NC(=O)C3)n1.CC(C)(C)c1nc(Nc2ccccc2)nc(Nc2nc3ccccc3[nH]2)n1.CCCCC(CC)CNc1nc(Nc2ccc3c(c2)NC(=O)C3)nc(C(C)(C)C)n1. The van der Waals surface area contributed by atoms with Crippen LogP contribution in [0, 0.1) is 16.0 Å². The number of nitrogens with zero attached hydrogens (tertiary/aromatic N) is 16. The Balaban J connectivity index is 0.000000142. The molecule has 14 aromatic rings. The minimum absolute atomic E-state index is 0.0108. The summed E-state index contributed by atoms with van der Waals surface area (Å²) in [5.74, 6) is 8.47. The predicted octanol–water partition coefficient (Wildman–Crippen LogP) is 20.0. The Morgan fingerprint density at radius 1 is 0.351 bits per heavy atom. The van der Waals surface area contributed by atoms with E-state index in [0.717, 1.165) is 92.0 Å². The number of hydrogen-bond donors (Lipinski definition) is 14. The summed E-state index contributed by atoms with van der Waals surface area (Å²) in [6, 6.07) is 60.2. The normalized spacial score (nSPS) is 12.7. The lowest BCUT2D eigenvalue weighted by Gasteiger charge is -2.20. The molecule has 0 spiro atoms. The molecule has 36 nitrogen and oxygen atoms in total. The molecule has 3 aliphatic heterocycles. The second-order valence-corrected chi connectivity index (χ2v) is 37.4. The molecule has 9 heterocycles. The van der Waals surface area contributed by atoms with E-state index in [1.54, 1.807) is 12.1 Å². The molecule has 0 aliphatic carbocycles. The highest BCUT2D eigenvalue weighted by molar-refractivity contribution is 6.01. The van der Waals surface area contributed by atoms with Gasteiger partial charge in [-0.1, -0.05) is 222 Å². The van der Waals surface area contributed by atoms with Crippen molar-refractivity contribution in [3.63, 3.8) is 0 Å². The molecule has 0 saturated heterocycles. The average Bonchev–Trinajstić information content (AvgIpc) is 1.52. The number of aromatic nitrogens is 17. The van der Waals surface area contributed by atoms with Crippen LogP contribution in [0.25, 0.3) is 11.0 Å². The third-order valence-corrected chi connectivity index (χ3v) is 20.7. The first-order valence-corrected chi connectivity index (χ1v) is 44.3. The van der Waals surface area contributed by atoms with Crippen molar-refractivity contribution in [2.45, 2.75) is 190 Å². The van der Waals surface area contributed by atoms with Gasteiger partial charge in [-0.25, -0.2) is 9.78 Å². The number of anilines is 20. The number of unbranched alkanes of at least 4 members (excludes halogenated alkanes) is 1. The second kappa shape index (κ2) is 41.9. The fourth-order valence-corrected chi connectivity index (χ4v) is 13.4. The number of nitro benzene ring substituents is 1. The summed E-state index contributed by atoms with van der Waals surface area (Å²) in [5.41, 5.74) is 11.3. The summed E-state index contributed by atoms with van der Waals surface area (Å²) in [6.45, 7) is 35.9.